The van der Waals surface area contributed by atoms with Crippen molar-refractivity contribution >= 4 is 11.8 Å². The summed E-state index contributed by atoms with van der Waals surface area (Å²) < 4.78 is 0. The molecule has 3 unspecified atom stereocenters. The van der Waals surface area contributed by atoms with E-state index < -0.39 is 0 Å². The molecule has 0 amide bonds. The molecule has 0 spiro atoms. The molecule has 0 radical (unpaired) electrons. The Hall–Kier alpha value is 0.310. The average Bonchev–Trinajstić information content (AvgIpc) is 2.11. The average molecular weight is 213 g/mol. The second-order valence-electron chi connectivity index (χ2n) is 5.22. The third-order valence-corrected chi connectivity index (χ3v) is 5.10. The summed E-state index contributed by atoms with van der Waals surface area (Å²) in [7, 11) is 0. The lowest BCUT2D eigenvalue weighted by molar-refractivity contribution is 0.224. The van der Waals surface area contributed by atoms with Crippen molar-refractivity contribution in [3.8, 4) is 0 Å². The molecule has 1 saturated heterocycles. The number of nitrogens with one attached hydrogen (secondary N) is 1. The number of thioether (sulfide) groups is 1. The summed E-state index contributed by atoms with van der Waals surface area (Å²) in [4.78, 5) is 0. The van der Waals surface area contributed by atoms with Gasteiger partial charge in [-0.25, -0.2) is 0 Å². The third-order valence-electron chi connectivity index (χ3n) is 3.82. The number of rotatable bonds is 3. The van der Waals surface area contributed by atoms with Crippen molar-refractivity contribution in [3.05, 3.63) is 0 Å². The SMILES string of the molecule is CC1CCCC(C(C)NC2CSC2)C1. The van der Waals surface area contributed by atoms with Crippen LogP contribution < -0.4 is 5.32 Å². The molecule has 14 heavy (non-hydrogen) atoms. The maximum atomic E-state index is 3.79. The maximum Gasteiger partial charge on any atom is 0.0251 e. The molecule has 2 rings (SSSR count). The molecule has 1 aliphatic carbocycles. The van der Waals surface area contributed by atoms with E-state index in [2.05, 4.69) is 30.9 Å². The lowest BCUT2D eigenvalue weighted by Crippen LogP contribution is -2.48. The molecule has 82 valence electrons. The van der Waals surface area contributed by atoms with Crippen LogP contribution in [-0.4, -0.2) is 23.6 Å². The molecule has 2 heteroatoms. The predicted octanol–water partition coefficient (Wildman–Crippen LogP) is 2.91. The Labute approximate surface area is 92.4 Å². The predicted molar refractivity (Wildman–Crippen MR) is 64.8 cm³/mol. The Balaban J connectivity index is 1.74. The first kappa shape index (κ1) is 10.8. The highest BCUT2D eigenvalue weighted by Crippen LogP contribution is 2.31. The van der Waals surface area contributed by atoms with E-state index in [9.17, 15) is 0 Å². The Morgan fingerprint density at radius 3 is 2.64 bits per heavy atom. The van der Waals surface area contributed by atoms with Crippen LogP contribution in [0, 0.1) is 11.8 Å². The number of hydrogen-bond acceptors (Lipinski definition) is 2. The summed E-state index contributed by atoms with van der Waals surface area (Å²) in [5.74, 6) is 4.59. The Bertz CT molecular complexity index is 179. The lowest BCUT2D eigenvalue weighted by Gasteiger charge is -2.36. The second-order valence-corrected chi connectivity index (χ2v) is 6.30. The molecule has 1 heterocycles. The third kappa shape index (κ3) is 2.66. The smallest absolute Gasteiger partial charge is 0.0251 e. The minimum absolute atomic E-state index is 0.753. The molecule has 0 aromatic carbocycles. The summed E-state index contributed by atoms with van der Waals surface area (Å²) in [6.45, 7) is 4.81. The van der Waals surface area contributed by atoms with E-state index in [0.717, 1.165) is 23.9 Å². The molecule has 2 fully saturated rings. The van der Waals surface area contributed by atoms with E-state index in [1.165, 1.54) is 37.2 Å². The highest BCUT2D eigenvalue weighted by molar-refractivity contribution is 8.00. The van der Waals surface area contributed by atoms with Crippen LogP contribution >= 0.6 is 11.8 Å². The Morgan fingerprint density at radius 2 is 2.07 bits per heavy atom. The van der Waals surface area contributed by atoms with Crippen molar-refractivity contribution in [2.75, 3.05) is 11.5 Å². The van der Waals surface area contributed by atoms with Crippen LogP contribution in [0.3, 0.4) is 0 Å². The van der Waals surface area contributed by atoms with Crippen LogP contribution in [0.5, 0.6) is 0 Å². The van der Waals surface area contributed by atoms with Gasteiger partial charge in [0.25, 0.3) is 0 Å². The second kappa shape index (κ2) is 4.89. The molecule has 3 atom stereocenters. The molecule has 1 aliphatic heterocycles. The van der Waals surface area contributed by atoms with Gasteiger partial charge < -0.3 is 5.32 Å². The molecule has 1 saturated carbocycles. The Morgan fingerprint density at radius 1 is 1.29 bits per heavy atom. The van der Waals surface area contributed by atoms with Gasteiger partial charge in [0.15, 0.2) is 0 Å². The van der Waals surface area contributed by atoms with Gasteiger partial charge in [-0.1, -0.05) is 19.8 Å². The van der Waals surface area contributed by atoms with E-state index in [-0.39, 0.29) is 0 Å². The fraction of sp³-hybridized carbons (Fsp3) is 1.00. The van der Waals surface area contributed by atoms with Gasteiger partial charge in [0.05, 0.1) is 0 Å². The summed E-state index contributed by atoms with van der Waals surface area (Å²) in [6.07, 6.45) is 5.83. The van der Waals surface area contributed by atoms with E-state index in [1.54, 1.807) is 0 Å². The lowest BCUT2D eigenvalue weighted by atomic mass is 9.79. The molecule has 1 nitrogen and oxygen atoms in total. The standard InChI is InChI=1S/C12H23NS/c1-9-4-3-5-11(6-9)10(2)13-12-7-14-8-12/h9-13H,3-8H2,1-2H3. The minimum Gasteiger partial charge on any atom is -0.310 e. The van der Waals surface area contributed by atoms with Crippen LogP contribution in [0.1, 0.15) is 39.5 Å². The fourth-order valence-corrected chi connectivity index (χ4v) is 3.44. The fourth-order valence-electron chi connectivity index (χ4n) is 2.77. The van der Waals surface area contributed by atoms with Gasteiger partial charge in [0.2, 0.25) is 0 Å². The molecule has 0 bridgehead atoms. The van der Waals surface area contributed by atoms with Gasteiger partial charge in [-0.05, 0) is 31.6 Å². The van der Waals surface area contributed by atoms with Gasteiger partial charge in [-0.15, -0.1) is 0 Å². The van der Waals surface area contributed by atoms with Gasteiger partial charge in [-0.2, -0.15) is 11.8 Å². The molecule has 2 aliphatic rings. The zero-order chi connectivity index (χ0) is 9.97. The molecule has 1 N–H and O–H groups in total. The summed E-state index contributed by atoms with van der Waals surface area (Å²) in [6, 6.07) is 1.58. The minimum atomic E-state index is 0.753. The van der Waals surface area contributed by atoms with Crippen molar-refractivity contribution in [2.24, 2.45) is 11.8 Å². The first-order valence-electron chi connectivity index (χ1n) is 6.09. The van der Waals surface area contributed by atoms with Gasteiger partial charge in [-0.3, -0.25) is 0 Å². The van der Waals surface area contributed by atoms with Crippen molar-refractivity contribution in [1.82, 2.24) is 5.32 Å². The summed E-state index contributed by atoms with van der Waals surface area (Å²) in [5.41, 5.74) is 0. The first-order valence-corrected chi connectivity index (χ1v) is 7.25. The molecule has 0 aromatic heterocycles. The van der Waals surface area contributed by atoms with Crippen LogP contribution in [0.15, 0.2) is 0 Å². The largest absolute Gasteiger partial charge is 0.310 e. The van der Waals surface area contributed by atoms with Crippen LogP contribution in [0.2, 0.25) is 0 Å². The quantitative estimate of drug-likeness (QED) is 0.773. The highest BCUT2D eigenvalue weighted by Gasteiger charge is 2.27. The van der Waals surface area contributed by atoms with E-state index >= 15 is 0 Å². The van der Waals surface area contributed by atoms with E-state index in [1.807, 2.05) is 0 Å². The molecular formula is C12H23NS. The van der Waals surface area contributed by atoms with E-state index in [4.69, 9.17) is 0 Å². The monoisotopic (exact) mass is 213 g/mol. The highest BCUT2D eigenvalue weighted by atomic mass is 32.2. The van der Waals surface area contributed by atoms with Crippen molar-refractivity contribution in [3.63, 3.8) is 0 Å². The summed E-state index contributed by atoms with van der Waals surface area (Å²) in [5, 5.41) is 3.79. The first-order chi connectivity index (χ1) is 6.75. The summed E-state index contributed by atoms with van der Waals surface area (Å²) >= 11 is 2.07. The molecule has 0 aromatic rings. The van der Waals surface area contributed by atoms with Gasteiger partial charge in [0.1, 0.15) is 0 Å². The van der Waals surface area contributed by atoms with Gasteiger partial charge in [0, 0.05) is 23.6 Å². The van der Waals surface area contributed by atoms with Crippen molar-refractivity contribution < 1.29 is 0 Å². The normalized spacial score (nSPS) is 36.4. The van der Waals surface area contributed by atoms with Crippen LogP contribution in [0.4, 0.5) is 0 Å². The maximum absolute atomic E-state index is 3.79. The number of hydrogen-bond donors (Lipinski definition) is 1. The van der Waals surface area contributed by atoms with Crippen molar-refractivity contribution in [2.45, 2.75) is 51.6 Å². The van der Waals surface area contributed by atoms with Crippen LogP contribution in [-0.2, 0) is 0 Å². The van der Waals surface area contributed by atoms with E-state index in [0.29, 0.717) is 0 Å². The van der Waals surface area contributed by atoms with Gasteiger partial charge >= 0.3 is 0 Å². The topological polar surface area (TPSA) is 12.0 Å². The zero-order valence-corrected chi connectivity index (χ0v) is 10.3. The Kier molecular flexibility index (Phi) is 3.78. The van der Waals surface area contributed by atoms with Crippen LogP contribution in [0.25, 0.3) is 0 Å². The van der Waals surface area contributed by atoms with Crippen molar-refractivity contribution in [1.29, 1.82) is 0 Å². The molecular weight excluding hydrogens is 190 g/mol. The zero-order valence-electron chi connectivity index (χ0n) is 9.46.